The second kappa shape index (κ2) is 5.04. The molecular weight excluding hydrogens is 254 g/mol. The van der Waals surface area contributed by atoms with Crippen LogP contribution >= 0.6 is 11.6 Å². The lowest BCUT2D eigenvalue weighted by Gasteiger charge is -2.10. The minimum atomic E-state index is 0.533. The first kappa shape index (κ1) is 12.2. The maximum Gasteiger partial charge on any atom is 0.0563 e. The first-order valence-electron chi connectivity index (χ1n) is 6.28. The predicted molar refractivity (Wildman–Crippen MR) is 84.6 cm³/mol. The quantitative estimate of drug-likeness (QED) is 0.674. The summed E-state index contributed by atoms with van der Waals surface area (Å²) in [7, 11) is 0. The molecule has 0 saturated heterocycles. The van der Waals surface area contributed by atoms with Crippen LogP contribution < -0.4 is 5.73 Å². The third-order valence-corrected chi connectivity index (χ3v) is 3.74. The predicted octanol–water partition coefficient (Wildman–Crippen LogP) is 4.62. The van der Waals surface area contributed by atoms with E-state index in [1.54, 1.807) is 0 Å². The number of hydrogen-bond acceptors (Lipinski definition) is 1. The Labute approximate surface area is 117 Å². The lowest BCUT2D eigenvalue weighted by atomic mass is 9.96. The Bertz CT molecular complexity index is 718. The van der Waals surface area contributed by atoms with Crippen molar-refractivity contribution >= 4 is 39.2 Å². The number of nitrogens with two attached hydrogens (primary N) is 1. The number of hydrogen-bond donors (Lipinski definition) is 1. The van der Waals surface area contributed by atoms with Gasteiger partial charge in [-0.05, 0) is 16.3 Å². The topological polar surface area (TPSA) is 26.0 Å². The van der Waals surface area contributed by atoms with Crippen LogP contribution in [0, 0.1) is 0 Å². The van der Waals surface area contributed by atoms with E-state index in [-0.39, 0.29) is 0 Å². The van der Waals surface area contributed by atoms with Crippen molar-refractivity contribution in [2.75, 3.05) is 6.54 Å². The van der Waals surface area contributed by atoms with Crippen LogP contribution in [0.5, 0.6) is 0 Å². The highest BCUT2D eigenvalue weighted by Crippen LogP contribution is 2.36. The molecule has 0 bridgehead atoms. The molecule has 0 unspecified atom stereocenters. The molecule has 19 heavy (non-hydrogen) atoms. The molecule has 1 nitrogen and oxygen atoms in total. The fourth-order valence-electron chi connectivity index (χ4n) is 2.47. The van der Waals surface area contributed by atoms with E-state index in [1.807, 2.05) is 30.3 Å². The van der Waals surface area contributed by atoms with Gasteiger partial charge in [-0.1, -0.05) is 72.3 Å². The summed E-state index contributed by atoms with van der Waals surface area (Å²) in [6.45, 7) is 0.533. The van der Waals surface area contributed by atoms with Gasteiger partial charge in [-0.2, -0.15) is 0 Å². The zero-order valence-corrected chi connectivity index (χ0v) is 11.2. The standard InChI is InChI=1S/C17H14ClN/c18-17-15-8-3-1-6-13(15)12(10-5-11-19)14-7-2-4-9-16(14)17/h1-10H,11,19H2. The average Bonchev–Trinajstić information content (AvgIpc) is 2.47. The van der Waals surface area contributed by atoms with Crippen LogP contribution in [-0.4, -0.2) is 6.54 Å². The van der Waals surface area contributed by atoms with Crippen LogP contribution in [0.3, 0.4) is 0 Å². The van der Waals surface area contributed by atoms with E-state index >= 15 is 0 Å². The Hall–Kier alpha value is -1.83. The highest BCUT2D eigenvalue weighted by Gasteiger charge is 2.09. The molecule has 2 N–H and O–H groups in total. The fraction of sp³-hybridized carbons (Fsp3) is 0.0588. The van der Waals surface area contributed by atoms with Gasteiger partial charge >= 0.3 is 0 Å². The maximum absolute atomic E-state index is 6.53. The summed E-state index contributed by atoms with van der Waals surface area (Å²) in [5.74, 6) is 0. The van der Waals surface area contributed by atoms with Crippen LogP contribution in [0.25, 0.3) is 27.6 Å². The first-order valence-corrected chi connectivity index (χ1v) is 6.66. The molecule has 0 aliphatic carbocycles. The van der Waals surface area contributed by atoms with Gasteiger partial charge in [-0.25, -0.2) is 0 Å². The minimum Gasteiger partial charge on any atom is -0.327 e. The molecule has 0 radical (unpaired) electrons. The van der Waals surface area contributed by atoms with Gasteiger partial charge in [0.25, 0.3) is 0 Å². The lowest BCUT2D eigenvalue weighted by molar-refractivity contribution is 1.26. The van der Waals surface area contributed by atoms with Gasteiger partial charge in [-0.3, -0.25) is 0 Å². The molecule has 0 amide bonds. The summed E-state index contributed by atoms with van der Waals surface area (Å²) in [6.07, 6.45) is 4.06. The van der Waals surface area contributed by atoms with Crippen LogP contribution in [-0.2, 0) is 0 Å². The van der Waals surface area contributed by atoms with Gasteiger partial charge < -0.3 is 5.73 Å². The van der Waals surface area contributed by atoms with Crippen molar-refractivity contribution in [1.82, 2.24) is 0 Å². The largest absolute Gasteiger partial charge is 0.327 e. The molecular formula is C17H14ClN. The first-order chi connectivity index (χ1) is 9.33. The molecule has 2 heteroatoms. The van der Waals surface area contributed by atoms with Gasteiger partial charge in [0.1, 0.15) is 0 Å². The Morgan fingerprint density at radius 1 is 0.842 bits per heavy atom. The molecule has 94 valence electrons. The van der Waals surface area contributed by atoms with Crippen molar-refractivity contribution in [3.63, 3.8) is 0 Å². The van der Waals surface area contributed by atoms with Crippen LogP contribution in [0.4, 0.5) is 0 Å². The second-order valence-electron chi connectivity index (χ2n) is 4.46. The summed E-state index contributed by atoms with van der Waals surface area (Å²) in [5, 5.41) is 5.31. The number of benzene rings is 3. The Balaban J connectivity index is 2.52. The molecule has 3 rings (SSSR count). The summed E-state index contributed by atoms with van der Waals surface area (Å²) in [4.78, 5) is 0. The zero-order valence-electron chi connectivity index (χ0n) is 10.4. The van der Waals surface area contributed by atoms with Gasteiger partial charge in [0, 0.05) is 17.3 Å². The molecule has 0 aromatic heterocycles. The lowest BCUT2D eigenvalue weighted by Crippen LogP contribution is -1.92. The van der Waals surface area contributed by atoms with Gasteiger partial charge in [0.2, 0.25) is 0 Å². The molecule has 0 fully saturated rings. The Morgan fingerprint density at radius 3 is 1.79 bits per heavy atom. The van der Waals surface area contributed by atoms with E-state index in [1.165, 1.54) is 5.56 Å². The van der Waals surface area contributed by atoms with E-state index in [0.717, 1.165) is 26.6 Å². The zero-order chi connectivity index (χ0) is 13.2. The smallest absolute Gasteiger partial charge is 0.0563 e. The van der Waals surface area contributed by atoms with E-state index in [9.17, 15) is 0 Å². The van der Waals surface area contributed by atoms with Crippen LogP contribution in [0.15, 0.2) is 54.6 Å². The summed E-state index contributed by atoms with van der Waals surface area (Å²) in [6, 6.07) is 16.4. The summed E-state index contributed by atoms with van der Waals surface area (Å²) >= 11 is 6.53. The van der Waals surface area contributed by atoms with Crippen molar-refractivity contribution in [2.45, 2.75) is 0 Å². The maximum atomic E-state index is 6.53. The highest BCUT2D eigenvalue weighted by atomic mass is 35.5. The van der Waals surface area contributed by atoms with Crippen molar-refractivity contribution in [3.05, 3.63) is 65.2 Å². The average molecular weight is 268 g/mol. The molecule has 0 aliphatic heterocycles. The van der Waals surface area contributed by atoms with Crippen molar-refractivity contribution in [1.29, 1.82) is 0 Å². The summed E-state index contributed by atoms with van der Waals surface area (Å²) in [5.41, 5.74) is 6.76. The molecule has 0 spiro atoms. The number of halogens is 1. The molecule has 0 heterocycles. The van der Waals surface area contributed by atoms with E-state index in [4.69, 9.17) is 17.3 Å². The summed E-state index contributed by atoms with van der Waals surface area (Å²) < 4.78 is 0. The van der Waals surface area contributed by atoms with E-state index in [0.29, 0.717) is 6.54 Å². The van der Waals surface area contributed by atoms with Crippen molar-refractivity contribution in [3.8, 4) is 0 Å². The molecule has 3 aromatic rings. The van der Waals surface area contributed by atoms with Gasteiger partial charge in [0.15, 0.2) is 0 Å². The monoisotopic (exact) mass is 267 g/mol. The Morgan fingerprint density at radius 2 is 1.32 bits per heavy atom. The Kier molecular flexibility index (Phi) is 3.24. The third-order valence-electron chi connectivity index (χ3n) is 3.33. The molecule has 0 saturated carbocycles. The van der Waals surface area contributed by atoms with Crippen molar-refractivity contribution < 1.29 is 0 Å². The minimum absolute atomic E-state index is 0.533. The fourth-order valence-corrected chi connectivity index (χ4v) is 2.80. The van der Waals surface area contributed by atoms with Crippen LogP contribution in [0.2, 0.25) is 5.02 Å². The molecule has 3 aromatic carbocycles. The van der Waals surface area contributed by atoms with Crippen LogP contribution in [0.1, 0.15) is 5.56 Å². The van der Waals surface area contributed by atoms with Crippen molar-refractivity contribution in [2.24, 2.45) is 5.73 Å². The molecule has 0 aliphatic rings. The van der Waals surface area contributed by atoms with E-state index in [2.05, 4.69) is 30.3 Å². The normalized spacial score (nSPS) is 11.7. The van der Waals surface area contributed by atoms with Gasteiger partial charge in [0.05, 0.1) is 5.02 Å². The number of rotatable bonds is 2. The SMILES string of the molecule is NCC=Cc1c2ccccc2c(Cl)c2ccccc12. The molecule has 0 atom stereocenters. The highest BCUT2D eigenvalue weighted by molar-refractivity contribution is 6.41. The van der Waals surface area contributed by atoms with E-state index < -0.39 is 0 Å². The van der Waals surface area contributed by atoms with Gasteiger partial charge in [-0.15, -0.1) is 0 Å². The third kappa shape index (κ3) is 2.01. The number of fused-ring (bicyclic) bond motifs is 2. The second-order valence-corrected chi connectivity index (χ2v) is 4.83.